The van der Waals surface area contributed by atoms with Crippen LogP contribution in [0.4, 0.5) is 4.39 Å². The van der Waals surface area contributed by atoms with Crippen LogP contribution in [-0.4, -0.2) is 6.41 Å². The normalized spacial score (nSPS) is 9.68. The molecule has 0 spiro atoms. The van der Waals surface area contributed by atoms with Crippen LogP contribution in [0.3, 0.4) is 0 Å². The summed E-state index contributed by atoms with van der Waals surface area (Å²) in [5.41, 5.74) is 2.79. The minimum Gasteiger partial charge on any atom is -0.355 e. The first-order valence-electron chi connectivity index (χ1n) is 5.70. The fourth-order valence-electron chi connectivity index (χ4n) is 1.82. The Labute approximate surface area is 110 Å². The van der Waals surface area contributed by atoms with Crippen LogP contribution in [0.25, 0.3) is 11.1 Å². The lowest BCUT2D eigenvalue weighted by Gasteiger charge is -2.06. The molecule has 4 heteroatoms. The van der Waals surface area contributed by atoms with E-state index in [0.29, 0.717) is 24.1 Å². The Morgan fingerprint density at radius 1 is 1.21 bits per heavy atom. The molecular weight excluding hydrogens is 243 g/mol. The maximum absolute atomic E-state index is 13.1. The quantitative estimate of drug-likeness (QED) is 0.853. The molecule has 2 aromatic carbocycles. The van der Waals surface area contributed by atoms with Crippen molar-refractivity contribution < 1.29 is 9.18 Å². The third-order valence-corrected chi connectivity index (χ3v) is 2.76. The van der Waals surface area contributed by atoms with Crippen molar-refractivity contribution in [3.63, 3.8) is 0 Å². The van der Waals surface area contributed by atoms with Gasteiger partial charge in [0, 0.05) is 6.54 Å². The number of hydrogen-bond acceptors (Lipinski definition) is 2. The molecule has 1 amide bonds. The van der Waals surface area contributed by atoms with E-state index in [1.165, 1.54) is 12.1 Å². The van der Waals surface area contributed by atoms with E-state index in [0.717, 1.165) is 11.1 Å². The van der Waals surface area contributed by atoms with Crippen molar-refractivity contribution in [2.75, 3.05) is 0 Å². The van der Waals surface area contributed by atoms with Crippen LogP contribution in [0.2, 0.25) is 0 Å². The summed E-state index contributed by atoms with van der Waals surface area (Å²) in [6, 6.07) is 13.5. The molecule has 0 bridgehead atoms. The van der Waals surface area contributed by atoms with Gasteiger partial charge in [-0.2, -0.15) is 5.26 Å². The third kappa shape index (κ3) is 2.96. The molecule has 2 aromatic rings. The molecule has 0 saturated heterocycles. The number of carbonyl (C=O) groups is 1. The molecule has 0 atom stereocenters. The van der Waals surface area contributed by atoms with Gasteiger partial charge in [-0.3, -0.25) is 4.79 Å². The first kappa shape index (κ1) is 12.8. The monoisotopic (exact) mass is 254 g/mol. The number of hydrogen-bond donors (Lipinski definition) is 1. The van der Waals surface area contributed by atoms with Crippen molar-refractivity contribution in [1.29, 1.82) is 5.26 Å². The molecule has 3 nitrogen and oxygen atoms in total. The maximum atomic E-state index is 13.1. The van der Waals surface area contributed by atoms with E-state index in [9.17, 15) is 9.18 Å². The van der Waals surface area contributed by atoms with Crippen LogP contribution in [0, 0.1) is 17.1 Å². The summed E-state index contributed by atoms with van der Waals surface area (Å²) in [6.45, 7) is 0.457. The predicted molar refractivity (Wildman–Crippen MR) is 69.5 cm³/mol. The largest absolute Gasteiger partial charge is 0.355 e. The average Bonchev–Trinajstić information content (AvgIpc) is 2.45. The van der Waals surface area contributed by atoms with Crippen LogP contribution < -0.4 is 5.32 Å². The zero-order chi connectivity index (χ0) is 13.7. The molecule has 2 rings (SSSR count). The number of halogens is 1. The molecule has 0 aliphatic heterocycles. The summed E-state index contributed by atoms with van der Waals surface area (Å²) in [5, 5.41) is 11.6. The maximum Gasteiger partial charge on any atom is 0.207 e. The van der Waals surface area contributed by atoms with Crippen molar-refractivity contribution in [1.82, 2.24) is 5.32 Å². The Morgan fingerprint density at radius 3 is 2.58 bits per heavy atom. The molecule has 0 aliphatic carbocycles. The highest BCUT2D eigenvalue weighted by Gasteiger charge is 2.06. The molecule has 0 radical (unpaired) electrons. The molecule has 0 heterocycles. The second-order valence-corrected chi connectivity index (χ2v) is 4.00. The van der Waals surface area contributed by atoms with E-state index in [1.807, 2.05) is 30.3 Å². The van der Waals surface area contributed by atoms with E-state index < -0.39 is 5.82 Å². The molecule has 0 fully saturated rings. The van der Waals surface area contributed by atoms with Gasteiger partial charge in [0.25, 0.3) is 0 Å². The minimum atomic E-state index is -0.424. The lowest BCUT2D eigenvalue weighted by Crippen LogP contribution is -2.09. The molecule has 19 heavy (non-hydrogen) atoms. The lowest BCUT2D eigenvalue weighted by atomic mass is 9.99. The van der Waals surface area contributed by atoms with Gasteiger partial charge in [0.15, 0.2) is 0 Å². The van der Waals surface area contributed by atoms with Crippen LogP contribution in [0.15, 0.2) is 42.5 Å². The number of nitrogens with zero attached hydrogens (tertiary/aromatic N) is 1. The number of nitriles is 1. The second kappa shape index (κ2) is 5.78. The standard InChI is InChI=1S/C15H11FN2O/c16-14-5-6-15(13(7-14)8-17)12-3-1-11(2-4-12)9-18-10-19/h1-7,10H,9H2,(H,18,19). The number of amides is 1. The van der Waals surface area contributed by atoms with Gasteiger partial charge in [-0.05, 0) is 28.8 Å². The Balaban J connectivity index is 2.32. The zero-order valence-corrected chi connectivity index (χ0v) is 10.1. The van der Waals surface area contributed by atoms with Gasteiger partial charge < -0.3 is 5.32 Å². The molecule has 0 unspecified atom stereocenters. The second-order valence-electron chi connectivity index (χ2n) is 4.00. The Kier molecular flexibility index (Phi) is 3.89. The first-order valence-corrected chi connectivity index (χ1v) is 5.70. The van der Waals surface area contributed by atoms with Gasteiger partial charge in [-0.15, -0.1) is 0 Å². The number of carbonyl (C=O) groups excluding carboxylic acids is 1. The minimum absolute atomic E-state index is 0.304. The highest BCUT2D eigenvalue weighted by atomic mass is 19.1. The summed E-state index contributed by atoms with van der Waals surface area (Å²) in [5.74, 6) is -0.424. The van der Waals surface area contributed by atoms with E-state index >= 15 is 0 Å². The molecule has 0 aromatic heterocycles. The smallest absolute Gasteiger partial charge is 0.207 e. The summed E-state index contributed by atoms with van der Waals surface area (Å²) < 4.78 is 13.1. The Hall–Kier alpha value is -2.67. The number of benzene rings is 2. The topological polar surface area (TPSA) is 52.9 Å². The lowest BCUT2D eigenvalue weighted by molar-refractivity contribution is -0.109. The van der Waals surface area contributed by atoms with Crippen molar-refractivity contribution in [2.24, 2.45) is 0 Å². The highest BCUT2D eigenvalue weighted by Crippen LogP contribution is 2.24. The molecule has 0 aliphatic rings. The van der Waals surface area contributed by atoms with Crippen molar-refractivity contribution in [2.45, 2.75) is 6.54 Å². The SMILES string of the molecule is N#Cc1cc(F)ccc1-c1ccc(CNC=O)cc1. The summed E-state index contributed by atoms with van der Waals surface area (Å²) in [7, 11) is 0. The summed E-state index contributed by atoms with van der Waals surface area (Å²) in [4.78, 5) is 10.2. The summed E-state index contributed by atoms with van der Waals surface area (Å²) in [6.07, 6.45) is 0.641. The third-order valence-electron chi connectivity index (χ3n) is 2.76. The van der Waals surface area contributed by atoms with Gasteiger partial charge in [0.1, 0.15) is 5.82 Å². The van der Waals surface area contributed by atoms with Crippen LogP contribution >= 0.6 is 0 Å². The van der Waals surface area contributed by atoms with E-state index in [1.54, 1.807) is 6.07 Å². The van der Waals surface area contributed by atoms with Crippen molar-refractivity contribution in [3.8, 4) is 17.2 Å². The van der Waals surface area contributed by atoms with Crippen molar-refractivity contribution >= 4 is 6.41 Å². The average molecular weight is 254 g/mol. The van der Waals surface area contributed by atoms with E-state index in [4.69, 9.17) is 5.26 Å². The van der Waals surface area contributed by atoms with Gasteiger partial charge >= 0.3 is 0 Å². The van der Waals surface area contributed by atoms with Gasteiger partial charge in [0.2, 0.25) is 6.41 Å². The van der Waals surface area contributed by atoms with E-state index in [2.05, 4.69) is 5.32 Å². The highest BCUT2D eigenvalue weighted by molar-refractivity contribution is 5.70. The summed E-state index contributed by atoms with van der Waals surface area (Å²) >= 11 is 0. The van der Waals surface area contributed by atoms with Crippen LogP contribution in [0.1, 0.15) is 11.1 Å². The van der Waals surface area contributed by atoms with Crippen molar-refractivity contribution in [3.05, 3.63) is 59.4 Å². The van der Waals surface area contributed by atoms with Gasteiger partial charge in [-0.1, -0.05) is 30.3 Å². The molecule has 94 valence electrons. The van der Waals surface area contributed by atoms with Crippen LogP contribution in [0.5, 0.6) is 0 Å². The van der Waals surface area contributed by atoms with E-state index in [-0.39, 0.29) is 0 Å². The number of rotatable bonds is 4. The first-order chi connectivity index (χ1) is 9.24. The molecular formula is C15H11FN2O. The Bertz CT molecular complexity index is 630. The predicted octanol–water partition coefficient (Wildman–Crippen LogP) is 2.61. The fraction of sp³-hybridized carbons (Fsp3) is 0.0667. The van der Waals surface area contributed by atoms with Crippen LogP contribution in [-0.2, 0) is 11.3 Å². The Morgan fingerprint density at radius 2 is 1.95 bits per heavy atom. The zero-order valence-electron chi connectivity index (χ0n) is 10.1. The fourth-order valence-corrected chi connectivity index (χ4v) is 1.82. The number of nitrogens with one attached hydrogen (secondary N) is 1. The molecule has 0 saturated carbocycles. The molecule has 1 N–H and O–H groups in total. The van der Waals surface area contributed by atoms with Gasteiger partial charge in [-0.25, -0.2) is 4.39 Å². The van der Waals surface area contributed by atoms with Gasteiger partial charge in [0.05, 0.1) is 11.6 Å².